The Labute approximate surface area is 123 Å². The van der Waals surface area contributed by atoms with Crippen molar-refractivity contribution in [3.63, 3.8) is 0 Å². The van der Waals surface area contributed by atoms with E-state index in [2.05, 4.69) is 0 Å². The van der Waals surface area contributed by atoms with E-state index in [4.69, 9.17) is 15.2 Å². The maximum atomic E-state index is 13.9. The summed E-state index contributed by atoms with van der Waals surface area (Å²) < 4.78 is 25.2. The van der Waals surface area contributed by atoms with Gasteiger partial charge in [0.1, 0.15) is 18.5 Å². The van der Waals surface area contributed by atoms with Crippen LogP contribution in [0.25, 0.3) is 0 Å². The number of para-hydroxylation sites is 1. The highest BCUT2D eigenvalue weighted by molar-refractivity contribution is 5.37. The lowest BCUT2D eigenvalue weighted by molar-refractivity contribution is 0.145. The van der Waals surface area contributed by atoms with E-state index in [1.807, 2.05) is 31.2 Å². The van der Waals surface area contributed by atoms with Gasteiger partial charge in [0, 0.05) is 12.5 Å². The minimum Gasteiger partial charge on any atom is -0.487 e. The Morgan fingerprint density at radius 3 is 2.86 bits per heavy atom. The smallest absolute Gasteiger partial charge is 0.165 e. The molecule has 0 aromatic heterocycles. The normalized spacial score (nSPS) is 18.0. The summed E-state index contributed by atoms with van der Waals surface area (Å²) in [6.45, 7) is 2.14. The zero-order chi connectivity index (χ0) is 14.8. The van der Waals surface area contributed by atoms with Crippen LogP contribution in [0.2, 0.25) is 0 Å². The first-order valence-corrected chi connectivity index (χ1v) is 7.06. The number of nitrogens with two attached hydrogens (primary N) is 1. The first-order chi connectivity index (χ1) is 10.1. The van der Waals surface area contributed by atoms with Crippen molar-refractivity contribution in [2.45, 2.75) is 25.5 Å². The summed E-state index contributed by atoms with van der Waals surface area (Å²) in [5.41, 5.74) is 7.65. The molecular weight excluding hydrogens is 269 g/mol. The van der Waals surface area contributed by atoms with Crippen LogP contribution in [-0.4, -0.2) is 12.7 Å². The highest BCUT2D eigenvalue weighted by Gasteiger charge is 2.23. The molecule has 3 rings (SSSR count). The molecule has 110 valence electrons. The second-order valence-corrected chi connectivity index (χ2v) is 5.34. The Balaban J connectivity index is 1.62. The van der Waals surface area contributed by atoms with Crippen LogP contribution < -0.4 is 15.2 Å². The van der Waals surface area contributed by atoms with Gasteiger partial charge in [-0.05, 0) is 36.2 Å². The molecule has 2 aromatic carbocycles. The third-order valence-corrected chi connectivity index (χ3v) is 3.62. The van der Waals surface area contributed by atoms with Gasteiger partial charge in [-0.15, -0.1) is 0 Å². The van der Waals surface area contributed by atoms with Gasteiger partial charge < -0.3 is 15.2 Å². The lowest BCUT2D eigenvalue weighted by atomic mass is 10.1. The summed E-state index contributed by atoms with van der Waals surface area (Å²) in [7, 11) is 0. The summed E-state index contributed by atoms with van der Waals surface area (Å²) >= 11 is 0. The average Bonchev–Trinajstić information content (AvgIpc) is 2.88. The number of halogens is 1. The molecule has 21 heavy (non-hydrogen) atoms. The third kappa shape index (κ3) is 3.00. The molecule has 3 nitrogen and oxygen atoms in total. The Hall–Kier alpha value is -2.07. The molecule has 0 fully saturated rings. The van der Waals surface area contributed by atoms with Gasteiger partial charge in [0.15, 0.2) is 11.6 Å². The molecule has 0 saturated heterocycles. The van der Waals surface area contributed by atoms with E-state index in [9.17, 15) is 4.39 Å². The first kappa shape index (κ1) is 13.9. The summed E-state index contributed by atoms with van der Waals surface area (Å²) in [6.07, 6.45) is 0.713. The van der Waals surface area contributed by atoms with Crippen LogP contribution in [0, 0.1) is 5.82 Å². The average molecular weight is 287 g/mol. The minimum atomic E-state index is -0.389. The van der Waals surface area contributed by atoms with Gasteiger partial charge in [-0.2, -0.15) is 0 Å². The maximum absolute atomic E-state index is 13.9. The standard InChI is InChI=1S/C17H18FNO2/c1-11(19)12-6-7-17(15(18)9-12)20-10-14-8-13-4-2-3-5-16(13)21-14/h2-7,9,11,14H,8,10,19H2,1H3/t11-,14?/m0/s1. The fraction of sp³-hybridized carbons (Fsp3) is 0.294. The van der Waals surface area contributed by atoms with Crippen LogP contribution in [-0.2, 0) is 6.42 Å². The van der Waals surface area contributed by atoms with E-state index >= 15 is 0 Å². The molecule has 0 aliphatic carbocycles. The fourth-order valence-corrected chi connectivity index (χ4v) is 2.45. The molecule has 1 unspecified atom stereocenters. The van der Waals surface area contributed by atoms with Crippen LogP contribution in [0.3, 0.4) is 0 Å². The molecule has 4 heteroatoms. The van der Waals surface area contributed by atoms with E-state index in [-0.39, 0.29) is 23.7 Å². The highest BCUT2D eigenvalue weighted by Crippen LogP contribution is 2.29. The van der Waals surface area contributed by atoms with Crippen LogP contribution >= 0.6 is 0 Å². The molecule has 2 aromatic rings. The molecule has 0 amide bonds. The summed E-state index contributed by atoms with van der Waals surface area (Å²) in [5, 5.41) is 0. The van der Waals surface area contributed by atoms with E-state index in [1.165, 1.54) is 11.6 Å². The molecule has 1 aliphatic heterocycles. The first-order valence-electron chi connectivity index (χ1n) is 7.06. The summed E-state index contributed by atoms with van der Waals surface area (Å²) in [6, 6.07) is 12.5. The number of hydrogen-bond donors (Lipinski definition) is 1. The van der Waals surface area contributed by atoms with Gasteiger partial charge >= 0.3 is 0 Å². The molecule has 0 spiro atoms. The molecule has 2 N–H and O–H groups in total. The van der Waals surface area contributed by atoms with Crippen molar-refractivity contribution in [1.29, 1.82) is 0 Å². The van der Waals surface area contributed by atoms with Gasteiger partial charge in [-0.1, -0.05) is 24.3 Å². The highest BCUT2D eigenvalue weighted by atomic mass is 19.1. The number of fused-ring (bicyclic) bond motifs is 1. The van der Waals surface area contributed by atoms with Crippen molar-refractivity contribution in [3.05, 3.63) is 59.4 Å². The molecule has 1 heterocycles. The van der Waals surface area contributed by atoms with Crippen molar-refractivity contribution in [2.24, 2.45) is 5.73 Å². The van der Waals surface area contributed by atoms with Crippen LogP contribution in [0.5, 0.6) is 11.5 Å². The monoisotopic (exact) mass is 287 g/mol. The van der Waals surface area contributed by atoms with Crippen LogP contribution in [0.1, 0.15) is 24.1 Å². The van der Waals surface area contributed by atoms with Gasteiger partial charge in [0.2, 0.25) is 0 Å². The van der Waals surface area contributed by atoms with Gasteiger partial charge in [0.05, 0.1) is 0 Å². The lowest BCUT2D eigenvalue weighted by Gasteiger charge is -2.14. The number of benzene rings is 2. The quantitative estimate of drug-likeness (QED) is 0.939. The largest absolute Gasteiger partial charge is 0.487 e. The fourth-order valence-electron chi connectivity index (χ4n) is 2.45. The van der Waals surface area contributed by atoms with E-state index < -0.39 is 0 Å². The Morgan fingerprint density at radius 1 is 1.33 bits per heavy atom. The second-order valence-electron chi connectivity index (χ2n) is 5.34. The van der Waals surface area contributed by atoms with Gasteiger partial charge in [0.25, 0.3) is 0 Å². The number of ether oxygens (including phenoxy) is 2. The Morgan fingerprint density at radius 2 is 2.14 bits per heavy atom. The molecule has 0 bridgehead atoms. The van der Waals surface area contributed by atoms with E-state index in [0.29, 0.717) is 6.61 Å². The van der Waals surface area contributed by atoms with Crippen LogP contribution in [0.4, 0.5) is 4.39 Å². The maximum Gasteiger partial charge on any atom is 0.165 e. The number of hydrogen-bond acceptors (Lipinski definition) is 3. The second kappa shape index (κ2) is 5.74. The van der Waals surface area contributed by atoms with Crippen molar-refractivity contribution in [3.8, 4) is 11.5 Å². The van der Waals surface area contributed by atoms with Gasteiger partial charge in [-0.25, -0.2) is 4.39 Å². The Kier molecular flexibility index (Phi) is 3.80. The molecule has 0 radical (unpaired) electrons. The Bertz CT molecular complexity index is 617. The number of rotatable bonds is 4. The summed E-state index contributed by atoms with van der Waals surface area (Å²) in [5.74, 6) is 0.734. The predicted molar refractivity (Wildman–Crippen MR) is 79.1 cm³/mol. The molecule has 2 atom stereocenters. The predicted octanol–water partition coefficient (Wildman–Crippen LogP) is 3.23. The van der Waals surface area contributed by atoms with Crippen molar-refractivity contribution in [2.75, 3.05) is 6.61 Å². The zero-order valence-corrected chi connectivity index (χ0v) is 11.9. The van der Waals surface area contributed by atoms with Crippen molar-refractivity contribution in [1.82, 2.24) is 0 Å². The van der Waals surface area contributed by atoms with Crippen LogP contribution in [0.15, 0.2) is 42.5 Å². The molecule has 0 saturated carbocycles. The minimum absolute atomic E-state index is 0.0742. The van der Waals surface area contributed by atoms with E-state index in [1.54, 1.807) is 12.1 Å². The molecule has 1 aliphatic rings. The third-order valence-electron chi connectivity index (χ3n) is 3.62. The summed E-state index contributed by atoms with van der Waals surface area (Å²) in [4.78, 5) is 0. The lowest BCUT2D eigenvalue weighted by Crippen LogP contribution is -2.22. The zero-order valence-electron chi connectivity index (χ0n) is 11.9. The van der Waals surface area contributed by atoms with Gasteiger partial charge in [-0.3, -0.25) is 0 Å². The topological polar surface area (TPSA) is 44.5 Å². The van der Waals surface area contributed by atoms with Crippen molar-refractivity contribution >= 4 is 0 Å². The SMILES string of the molecule is C[C@H](N)c1ccc(OCC2Cc3ccccc3O2)c(F)c1. The van der Waals surface area contributed by atoms with E-state index in [0.717, 1.165) is 17.7 Å². The molecular formula is C17H18FNO2. The van der Waals surface area contributed by atoms with Crippen molar-refractivity contribution < 1.29 is 13.9 Å².